The molecule has 3 aliphatic rings. The first-order valence-corrected chi connectivity index (χ1v) is 10.8. The van der Waals surface area contributed by atoms with Gasteiger partial charge in [-0.2, -0.15) is 0 Å². The summed E-state index contributed by atoms with van der Waals surface area (Å²) in [4.78, 5) is 30.4. The van der Waals surface area contributed by atoms with E-state index in [1.165, 1.54) is 30.4 Å². The molecule has 0 unspecified atom stereocenters. The Labute approximate surface area is 162 Å². The maximum Gasteiger partial charge on any atom is 0.229 e. The molecular weight excluding hydrogens is 336 g/mol. The molecule has 4 rings (SSSR count). The third-order valence-corrected chi connectivity index (χ3v) is 7.12. The lowest BCUT2D eigenvalue weighted by atomic mass is 9.72. The number of carbonyl (C=O) groups is 2. The highest BCUT2D eigenvalue weighted by molar-refractivity contribution is 5.85. The average molecular weight is 369 g/mol. The SMILES string of the molecule is CCN1Cc2ccccc2CC2(CCN(C(=O)C3CCCCC3)CC2)C1=O. The second-order valence-electron chi connectivity index (χ2n) is 8.71. The Morgan fingerprint density at radius 2 is 1.74 bits per heavy atom. The fourth-order valence-electron chi connectivity index (χ4n) is 5.35. The van der Waals surface area contributed by atoms with Gasteiger partial charge in [-0.25, -0.2) is 0 Å². The number of piperidine rings is 1. The van der Waals surface area contributed by atoms with E-state index in [2.05, 4.69) is 36.1 Å². The number of likely N-dealkylation sites (tertiary alicyclic amines) is 1. The van der Waals surface area contributed by atoms with Crippen LogP contribution in [0.5, 0.6) is 0 Å². The Morgan fingerprint density at radius 1 is 1.07 bits per heavy atom. The summed E-state index contributed by atoms with van der Waals surface area (Å²) < 4.78 is 0. The minimum Gasteiger partial charge on any atom is -0.342 e. The Balaban J connectivity index is 1.51. The van der Waals surface area contributed by atoms with E-state index >= 15 is 0 Å². The van der Waals surface area contributed by atoms with Crippen molar-refractivity contribution < 1.29 is 9.59 Å². The van der Waals surface area contributed by atoms with Crippen LogP contribution in [0.15, 0.2) is 24.3 Å². The summed E-state index contributed by atoms with van der Waals surface area (Å²) in [6.45, 7) is 5.01. The molecule has 0 aromatic heterocycles. The first kappa shape index (κ1) is 18.5. The molecule has 2 heterocycles. The van der Waals surface area contributed by atoms with E-state index in [9.17, 15) is 9.59 Å². The van der Waals surface area contributed by atoms with Crippen molar-refractivity contribution in [2.24, 2.45) is 11.3 Å². The highest BCUT2D eigenvalue weighted by atomic mass is 16.2. The van der Waals surface area contributed by atoms with Crippen LogP contribution >= 0.6 is 0 Å². The first-order valence-electron chi connectivity index (χ1n) is 10.8. The maximum atomic E-state index is 13.4. The van der Waals surface area contributed by atoms with Crippen molar-refractivity contribution in [3.63, 3.8) is 0 Å². The van der Waals surface area contributed by atoms with E-state index < -0.39 is 0 Å². The summed E-state index contributed by atoms with van der Waals surface area (Å²) >= 11 is 0. The van der Waals surface area contributed by atoms with Gasteiger partial charge in [-0.15, -0.1) is 0 Å². The van der Waals surface area contributed by atoms with E-state index in [-0.39, 0.29) is 11.3 Å². The Hall–Kier alpha value is -1.84. The first-order chi connectivity index (χ1) is 13.1. The smallest absolute Gasteiger partial charge is 0.229 e. The summed E-state index contributed by atoms with van der Waals surface area (Å²) in [5.41, 5.74) is 2.27. The number of fused-ring (bicyclic) bond motifs is 1. The van der Waals surface area contributed by atoms with Crippen LogP contribution in [0.4, 0.5) is 0 Å². The molecule has 1 aromatic carbocycles. The minimum atomic E-state index is -0.327. The Bertz CT molecular complexity index is 700. The van der Waals surface area contributed by atoms with Gasteiger partial charge in [0, 0.05) is 32.1 Å². The fourth-order valence-corrected chi connectivity index (χ4v) is 5.35. The fraction of sp³-hybridized carbons (Fsp3) is 0.652. The van der Waals surface area contributed by atoms with Gasteiger partial charge in [0.1, 0.15) is 0 Å². The van der Waals surface area contributed by atoms with Gasteiger partial charge in [-0.05, 0) is 50.2 Å². The number of nitrogens with zero attached hydrogens (tertiary/aromatic N) is 2. The van der Waals surface area contributed by atoms with Crippen molar-refractivity contribution >= 4 is 11.8 Å². The third-order valence-electron chi connectivity index (χ3n) is 7.12. The predicted molar refractivity (Wildman–Crippen MR) is 106 cm³/mol. The summed E-state index contributed by atoms with van der Waals surface area (Å²) in [5.74, 6) is 0.870. The molecule has 2 amide bonds. The Kier molecular flexibility index (Phi) is 5.25. The van der Waals surface area contributed by atoms with Crippen LogP contribution in [0.1, 0.15) is 63.0 Å². The number of hydrogen-bond acceptors (Lipinski definition) is 2. The van der Waals surface area contributed by atoms with Gasteiger partial charge in [-0.1, -0.05) is 43.5 Å². The maximum absolute atomic E-state index is 13.4. The number of hydrogen-bond donors (Lipinski definition) is 0. The summed E-state index contributed by atoms with van der Waals surface area (Å²) in [5, 5.41) is 0. The topological polar surface area (TPSA) is 40.6 Å². The largest absolute Gasteiger partial charge is 0.342 e. The van der Waals surface area contributed by atoms with Crippen molar-refractivity contribution in [1.82, 2.24) is 9.80 Å². The molecular formula is C23H32N2O2. The molecule has 0 atom stereocenters. The second-order valence-corrected chi connectivity index (χ2v) is 8.71. The van der Waals surface area contributed by atoms with Gasteiger partial charge in [-0.3, -0.25) is 9.59 Å². The van der Waals surface area contributed by atoms with Crippen LogP contribution in [0.3, 0.4) is 0 Å². The van der Waals surface area contributed by atoms with E-state index in [4.69, 9.17) is 0 Å². The van der Waals surface area contributed by atoms with Crippen LogP contribution in [-0.4, -0.2) is 41.2 Å². The molecule has 27 heavy (non-hydrogen) atoms. The van der Waals surface area contributed by atoms with E-state index in [1.54, 1.807) is 0 Å². The molecule has 1 aliphatic carbocycles. The molecule has 4 nitrogen and oxygen atoms in total. The molecule has 1 aromatic rings. The average Bonchev–Trinajstić information content (AvgIpc) is 2.84. The van der Waals surface area contributed by atoms with Gasteiger partial charge in [0.2, 0.25) is 11.8 Å². The number of carbonyl (C=O) groups excluding carboxylic acids is 2. The van der Waals surface area contributed by atoms with Crippen LogP contribution in [0.25, 0.3) is 0 Å². The van der Waals surface area contributed by atoms with Gasteiger partial charge in [0.05, 0.1) is 5.41 Å². The monoisotopic (exact) mass is 368 g/mol. The lowest BCUT2D eigenvalue weighted by molar-refractivity contribution is -0.149. The zero-order valence-electron chi connectivity index (χ0n) is 16.6. The van der Waals surface area contributed by atoms with Gasteiger partial charge in [0.25, 0.3) is 0 Å². The van der Waals surface area contributed by atoms with Crippen molar-refractivity contribution in [3.8, 4) is 0 Å². The molecule has 1 saturated carbocycles. The number of benzene rings is 1. The molecule has 0 bridgehead atoms. The molecule has 146 valence electrons. The van der Waals surface area contributed by atoms with Gasteiger partial charge < -0.3 is 9.80 Å². The zero-order chi connectivity index (χ0) is 18.9. The summed E-state index contributed by atoms with van der Waals surface area (Å²) in [6, 6.07) is 8.50. The summed E-state index contributed by atoms with van der Waals surface area (Å²) in [7, 11) is 0. The highest BCUT2D eigenvalue weighted by Crippen LogP contribution is 2.41. The molecule has 2 fully saturated rings. The normalized spacial score (nSPS) is 23.2. The van der Waals surface area contributed by atoms with Gasteiger partial charge >= 0.3 is 0 Å². The van der Waals surface area contributed by atoms with Crippen LogP contribution in [0, 0.1) is 11.3 Å². The summed E-state index contributed by atoms with van der Waals surface area (Å²) in [6.07, 6.45) is 8.18. The zero-order valence-corrected chi connectivity index (χ0v) is 16.6. The van der Waals surface area contributed by atoms with E-state index in [0.29, 0.717) is 11.8 Å². The van der Waals surface area contributed by atoms with Gasteiger partial charge in [0.15, 0.2) is 0 Å². The number of amides is 2. The number of rotatable bonds is 2. The third kappa shape index (κ3) is 3.51. The van der Waals surface area contributed by atoms with Crippen molar-refractivity contribution in [2.75, 3.05) is 19.6 Å². The van der Waals surface area contributed by atoms with Crippen molar-refractivity contribution in [3.05, 3.63) is 35.4 Å². The quantitative estimate of drug-likeness (QED) is 0.797. The predicted octanol–water partition coefficient (Wildman–Crippen LogP) is 3.78. The van der Waals surface area contributed by atoms with Crippen LogP contribution in [0.2, 0.25) is 0 Å². The lowest BCUT2D eigenvalue weighted by Crippen LogP contribution is -2.52. The molecule has 4 heteroatoms. The molecule has 0 N–H and O–H groups in total. The van der Waals surface area contributed by atoms with Crippen LogP contribution in [-0.2, 0) is 22.6 Å². The molecule has 1 spiro atoms. The Morgan fingerprint density at radius 3 is 2.41 bits per heavy atom. The van der Waals surface area contributed by atoms with Crippen molar-refractivity contribution in [2.45, 2.75) is 64.8 Å². The minimum absolute atomic E-state index is 0.227. The van der Waals surface area contributed by atoms with E-state index in [0.717, 1.165) is 58.3 Å². The van der Waals surface area contributed by atoms with E-state index in [1.807, 2.05) is 4.90 Å². The van der Waals surface area contributed by atoms with Crippen LogP contribution < -0.4 is 0 Å². The standard InChI is InChI=1S/C23H32N2O2/c1-2-24-17-20-11-7-6-10-19(20)16-23(22(24)27)12-14-25(15-13-23)21(26)18-8-4-3-5-9-18/h6-7,10-11,18H,2-5,8-9,12-17H2,1H3. The second kappa shape index (κ2) is 7.65. The molecule has 1 saturated heterocycles. The lowest BCUT2D eigenvalue weighted by Gasteiger charge is -2.43. The molecule has 2 aliphatic heterocycles. The van der Waals surface area contributed by atoms with Crippen molar-refractivity contribution in [1.29, 1.82) is 0 Å². The molecule has 0 radical (unpaired) electrons. The highest BCUT2D eigenvalue weighted by Gasteiger charge is 2.46.